The van der Waals surface area contributed by atoms with Crippen molar-refractivity contribution < 1.29 is 49.0 Å². The second-order valence-corrected chi connectivity index (χ2v) is 8.77. The third-order valence-electron chi connectivity index (χ3n) is 5.65. The minimum atomic E-state index is -5.48. The minimum Gasteiger partial charge on any atom is -0.429 e. The maximum Gasteiger partial charge on any atom is 0.573 e. The van der Waals surface area contributed by atoms with E-state index < -0.39 is 52.8 Å². The highest BCUT2D eigenvalue weighted by Crippen LogP contribution is 2.39. The van der Waals surface area contributed by atoms with E-state index in [-0.39, 0.29) is 29.1 Å². The molecular weight excluding hydrogens is 591 g/mol. The summed E-state index contributed by atoms with van der Waals surface area (Å²) in [5.74, 6) is -5.04. The third-order valence-corrected chi connectivity index (χ3v) is 5.65. The molecule has 1 aromatic heterocycles. The molecule has 0 saturated heterocycles. The smallest absolute Gasteiger partial charge is 0.429 e. The first-order valence-electron chi connectivity index (χ1n) is 12.1. The lowest BCUT2D eigenvalue weighted by Crippen LogP contribution is -2.25. The van der Waals surface area contributed by atoms with Gasteiger partial charge in [-0.05, 0) is 59.7 Å². The number of hydrogen-bond donors (Lipinski definition) is 0. The van der Waals surface area contributed by atoms with Crippen molar-refractivity contribution in [3.05, 3.63) is 119 Å². The van der Waals surface area contributed by atoms with Crippen molar-refractivity contribution >= 4 is 0 Å². The molecule has 0 aliphatic rings. The van der Waals surface area contributed by atoms with Crippen molar-refractivity contribution in [1.82, 2.24) is 9.97 Å². The lowest BCUT2D eigenvalue weighted by atomic mass is 10.0. The fourth-order valence-corrected chi connectivity index (χ4v) is 3.72. The summed E-state index contributed by atoms with van der Waals surface area (Å²) in [4.78, 5) is 8.31. The molecular formula is C30H17F9N2O2. The van der Waals surface area contributed by atoms with E-state index in [9.17, 15) is 39.5 Å². The maximum absolute atomic E-state index is 14.8. The standard InChI is InChI=1S/C30H17F9N2O2/c1-2-3-4-18-15-40-26(41-16-18)10-7-17-5-8-19(9-6-17)20-11-22(31)27(23(32)12-20)29(35,36)42-21-13-24(33)28(25(34)14-21)43-30(37,38)39/h2,5-6,8-9,11-16H,1,3-4H2. The summed E-state index contributed by atoms with van der Waals surface area (Å²) in [6.45, 7) is 3.65. The highest BCUT2D eigenvalue weighted by atomic mass is 19.4. The van der Waals surface area contributed by atoms with Gasteiger partial charge in [0.05, 0.1) is 0 Å². The van der Waals surface area contributed by atoms with Crippen LogP contribution in [0.4, 0.5) is 39.5 Å². The Labute approximate surface area is 238 Å². The molecule has 0 fully saturated rings. The number of aryl methyl sites for hydroxylation is 1. The summed E-state index contributed by atoms with van der Waals surface area (Å²) in [7, 11) is 0. The van der Waals surface area contributed by atoms with Crippen LogP contribution in [0.25, 0.3) is 11.1 Å². The lowest BCUT2D eigenvalue weighted by molar-refractivity contribution is -0.276. The van der Waals surface area contributed by atoms with E-state index in [1.807, 2.05) is 0 Å². The van der Waals surface area contributed by atoms with E-state index in [1.165, 1.54) is 24.3 Å². The Bertz CT molecular complexity index is 1650. The van der Waals surface area contributed by atoms with Crippen molar-refractivity contribution in [3.63, 3.8) is 0 Å². The van der Waals surface area contributed by atoms with E-state index in [0.29, 0.717) is 17.7 Å². The van der Waals surface area contributed by atoms with Gasteiger partial charge >= 0.3 is 12.5 Å². The van der Waals surface area contributed by atoms with Gasteiger partial charge in [-0.3, -0.25) is 0 Å². The number of allylic oxidation sites excluding steroid dienone is 1. The summed E-state index contributed by atoms with van der Waals surface area (Å²) < 4.78 is 131. The normalized spacial score (nSPS) is 11.5. The second kappa shape index (κ2) is 12.5. The molecule has 0 amide bonds. The first-order valence-corrected chi connectivity index (χ1v) is 12.1. The summed E-state index contributed by atoms with van der Waals surface area (Å²) >= 11 is 0. The summed E-state index contributed by atoms with van der Waals surface area (Å²) in [6.07, 6.45) is -3.74. The van der Waals surface area contributed by atoms with Gasteiger partial charge in [0.1, 0.15) is 22.9 Å². The van der Waals surface area contributed by atoms with Crippen molar-refractivity contribution in [2.45, 2.75) is 25.3 Å². The van der Waals surface area contributed by atoms with Crippen LogP contribution in [0.3, 0.4) is 0 Å². The van der Waals surface area contributed by atoms with Crippen LogP contribution in [0.15, 0.2) is 73.6 Å². The van der Waals surface area contributed by atoms with Crippen molar-refractivity contribution in [3.8, 4) is 34.5 Å². The molecule has 4 aromatic rings. The molecule has 43 heavy (non-hydrogen) atoms. The summed E-state index contributed by atoms with van der Waals surface area (Å²) in [6, 6.07) is 6.94. The number of nitrogens with zero attached hydrogens (tertiary/aromatic N) is 2. The van der Waals surface area contributed by atoms with Crippen molar-refractivity contribution in [2.75, 3.05) is 0 Å². The number of aromatic nitrogens is 2. The van der Waals surface area contributed by atoms with Crippen molar-refractivity contribution in [1.29, 1.82) is 0 Å². The maximum atomic E-state index is 14.8. The van der Waals surface area contributed by atoms with Crippen LogP contribution in [0.2, 0.25) is 0 Å². The average molecular weight is 608 g/mol. The number of ether oxygens (including phenoxy) is 2. The topological polar surface area (TPSA) is 44.2 Å². The third kappa shape index (κ3) is 7.85. The van der Waals surface area contributed by atoms with Gasteiger partial charge in [-0.1, -0.05) is 24.1 Å². The predicted octanol–water partition coefficient (Wildman–Crippen LogP) is 8.25. The van der Waals surface area contributed by atoms with Crippen LogP contribution in [0.1, 0.15) is 28.9 Å². The highest BCUT2D eigenvalue weighted by Gasteiger charge is 2.42. The van der Waals surface area contributed by atoms with E-state index in [4.69, 9.17) is 0 Å². The second-order valence-electron chi connectivity index (χ2n) is 8.77. The molecule has 4 rings (SSSR count). The van der Waals surface area contributed by atoms with Crippen LogP contribution in [0.5, 0.6) is 11.5 Å². The van der Waals surface area contributed by atoms with Gasteiger partial charge in [0, 0.05) is 30.1 Å². The van der Waals surface area contributed by atoms with E-state index in [2.05, 4.69) is 37.9 Å². The molecule has 0 spiro atoms. The molecule has 0 bridgehead atoms. The molecule has 4 nitrogen and oxygen atoms in total. The van der Waals surface area contributed by atoms with E-state index >= 15 is 0 Å². The molecule has 3 aromatic carbocycles. The number of benzene rings is 3. The molecule has 0 aliphatic carbocycles. The van der Waals surface area contributed by atoms with Gasteiger partial charge < -0.3 is 9.47 Å². The van der Waals surface area contributed by atoms with Crippen LogP contribution in [0, 0.1) is 35.1 Å². The first kappa shape index (κ1) is 31.0. The zero-order chi connectivity index (χ0) is 31.4. The molecule has 0 radical (unpaired) electrons. The van der Waals surface area contributed by atoms with Gasteiger partial charge in [-0.2, -0.15) is 8.78 Å². The fraction of sp³-hybridized carbons (Fsp3) is 0.133. The highest BCUT2D eigenvalue weighted by molar-refractivity contribution is 5.65. The van der Waals surface area contributed by atoms with E-state index in [1.54, 1.807) is 18.5 Å². The van der Waals surface area contributed by atoms with Crippen molar-refractivity contribution in [2.24, 2.45) is 0 Å². The van der Waals surface area contributed by atoms with Gasteiger partial charge in [-0.25, -0.2) is 27.5 Å². The quantitative estimate of drug-likeness (QED) is 0.115. The zero-order valence-electron chi connectivity index (χ0n) is 21.6. The predicted molar refractivity (Wildman–Crippen MR) is 136 cm³/mol. The van der Waals surface area contributed by atoms with Gasteiger partial charge in [0.15, 0.2) is 11.6 Å². The Balaban J connectivity index is 1.51. The van der Waals surface area contributed by atoms with E-state index in [0.717, 1.165) is 18.4 Å². The molecule has 13 heteroatoms. The fourth-order valence-electron chi connectivity index (χ4n) is 3.72. The summed E-state index contributed by atoms with van der Waals surface area (Å²) in [5, 5.41) is 0. The molecule has 0 aliphatic heterocycles. The van der Waals surface area contributed by atoms with Crippen LogP contribution < -0.4 is 9.47 Å². The number of alkyl halides is 5. The van der Waals surface area contributed by atoms with Crippen LogP contribution in [-0.4, -0.2) is 16.3 Å². The number of hydrogen-bond acceptors (Lipinski definition) is 4. The van der Waals surface area contributed by atoms with Gasteiger partial charge in [-0.15, -0.1) is 19.8 Å². The minimum absolute atomic E-state index is 0.0573. The Morgan fingerprint density at radius 2 is 1.33 bits per heavy atom. The SMILES string of the molecule is C=CCCc1cnc(C#Cc2ccc(-c3cc(F)c(C(F)(F)Oc4cc(F)c(OC(F)(F)F)c(F)c4)c(F)c3)cc2)nc1. The molecule has 0 atom stereocenters. The Kier molecular flexibility index (Phi) is 8.99. The molecule has 1 heterocycles. The van der Waals surface area contributed by atoms with Gasteiger partial charge in [0.2, 0.25) is 11.6 Å². The van der Waals surface area contributed by atoms with Crippen LogP contribution in [-0.2, 0) is 12.5 Å². The number of halogens is 9. The monoisotopic (exact) mass is 608 g/mol. The Hall–Kier alpha value is -4.99. The summed E-state index contributed by atoms with van der Waals surface area (Å²) in [5.41, 5.74) is -0.400. The lowest BCUT2D eigenvalue weighted by Gasteiger charge is -2.20. The molecule has 0 saturated carbocycles. The Morgan fingerprint density at radius 3 is 1.86 bits per heavy atom. The Morgan fingerprint density at radius 1 is 0.744 bits per heavy atom. The largest absolute Gasteiger partial charge is 0.573 e. The zero-order valence-corrected chi connectivity index (χ0v) is 21.6. The van der Waals surface area contributed by atoms with Gasteiger partial charge in [0.25, 0.3) is 0 Å². The average Bonchev–Trinajstić information content (AvgIpc) is 2.92. The molecule has 0 unspecified atom stereocenters. The molecule has 0 N–H and O–H groups in total. The first-order chi connectivity index (χ1) is 20.3. The van der Waals surface area contributed by atoms with Crippen LogP contribution >= 0.6 is 0 Å². The number of rotatable bonds is 8. The molecule has 222 valence electrons.